The average Bonchev–Trinajstić information content (AvgIpc) is 2.69. The molecule has 1 heterocycles. The maximum absolute atomic E-state index is 12.4. The summed E-state index contributed by atoms with van der Waals surface area (Å²) in [4.78, 5) is 16.7. The van der Waals surface area contributed by atoms with Crippen LogP contribution in [0.4, 0.5) is 11.4 Å². The van der Waals surface area contributed by atoms with Crippen molar-refractivity contribution >= 4 is 17.3 Å². The van der Waals surface area contributed by atoms with Crippen molar-refractivity contribution in [3.05, 3.63) is 83.7 Å². The van der Waals surface area contributed by atoms with E-state index in [1.54, 1.807) is 19.4 Å². The van der Waals surface area contributed by atoms with Gasteiger partial charge in [-0.05, 0) is 49.2 Å². The summed E-state index contributed by atoms with van der Waals surface area (Å²) in [5.41, 5.74) is 4.19. The molecular formula is C22H23N3O2. The van der Waals surface area contributed by atoms with Gasteiger partial charge in [-0.2, -0.15) is 0 Å². The first kappa shape index (κ1) is 18.5. The highest BCUT2D eigenvalue weighted by Gasteiger charge is 2.12. The van der Waals surface area contributed by atoms with Crippen molar-refractivity contribution in [1.82, 2.24) is 10.3 Å². The Morgan fingerprint density at radius 3 is 2.52 bits per heavy atom. The van der Waals surface area contributed by atoms with E-state index >= 15 is 0 Å². The van der Waals surface area contributed by atoms with Crippen LogP contribution in [0.5, 0.6) is 5.75 Å². The topological polar surface area (TPSA) is 63.2 Å². The zero-order valence-electron chi connectivity index (χ0n) is 15.7. The summed E-state index contributed by atoms with van der Waals surface area (Å²) < 4.78 is 5.37. The number of pyridine rings is 1. The van der Waals surface area contributed by atoms with Gasteiger partial charge < -0.3 is 15.4 Å². The second-order valence-electron chi connectivity index (χ2n) is 6.37. The molecule has 5 heteroatoms. The molecule has 27 heavy (non-hydrogen) atoms. The molecule has 2 aromatic carbocycles. The molecule has 0 aliphatic rings. The number of nitrogens with one attached hydrogen (secondary N) is 2. The molecule has 0 fully saturated rings. The van der Waals surface area contributed by atoms with E-state index in [0.717, 1.165) is 28.3 Å². The number of benzene rings is 2. The number of aryl methyl sites for hydroxylation is 1. The first-order chi connectivity index (χ1) is 13.1. The van der Waals surface area contributed by atoms with Crippen LogP contribution in [0.2, 0.25) is 0 Å². The Bertz CT molecular complexity index is 909. The molecule has 1 amide bonds. The minimum Gasteiger partial charge on any atom is -0.495 e. The molecule has 3 aromatic rings. The maximum Gasteiger partial charge on any atom is 0.270 e. The predicted octanol–water partition coefficient (Wildman–Crippen LogP) is 4.63. The van der Waals surface area contributed by atoms with E-state index in [4.69, 9.17) is 4.74 Å². The Morgan fingerprint density at radius 1 is 1.07 bits per heavy atom. The summed E-state index contributed by atoms with van der Waals surface area (Å²) in [5.74, 6) is 0.546. The lowest BCUT2D eigenvalue weighted by atomic mass is 10.1. The van der Waals surface area contributed by atoms with Gasteiger partial charge in [0.2, 0.25) is 0 Å². The SMILES string of the molecule is COc1ccc(C)cc1Nc1ccc(C(=O)NC(C)c2ccccc2)nc1. The smallest absolute Gasteiger partial charge is 0.270 e. The minimum absolute atomic E-state index is 0.0881. The van der Waals surface area contributed by atoms with Crippen LogP contribution in [0.15, 0.2) is 66.9 Å². The Hall–Kier alpha value is -3.34. The van der Waals surface area contributed by atoms with E-state index < -0.39 is 0 Å². The van der Waals surface area contributed by atoms with Crippen LogP contribution >= 0.6 is 0 Å². The second kappa shape index (κ2) is 8.36. The van der Waals surface area contributed by atoms with Crippen LogP contribution in [-0.4, -0.2) is 18.0 Å². The molecule has 0 aliphatic carbocycles. The van der Waals surface area contributed by atoms with E-state index in [2.05, 4.69) is 15.6 Å². The lowest BCUT2D eigenvalue weighted by Gasteiger charge is -2.14. The van der Waals surface area contributed by atoms with Gasteiger partial charge in [-0.15, -0.1) is 0 Å². The Kier molecular flexibility index (Phi) is 5.71. The molecule has 5 nitrogen and oxygen atoms in total. The van der Waals surface area contributed by atoms with E-state index in [1.165, 1.54) is 0 Å². The number of hydrogen-bond acceptors (Lipinski definition) is 4. The molecule has 0 saturated carbocycles. The van der Waals surface area contributed by atoms with Crippen LogP contribution in [0.3, 0.4) is 0 Å². The Balaban J connectivity index is 1.68. The summed E-state index contributed by atoms with van der Waals surface area (Å²) in [6.07, 6.45) is 1.64. The number of carbonyl (C=O) groups is 1. The number of aromatic nitrogens is 1. The standard InChI is InChI=1S/C22H23N3O2/c1-15-9-12-21(27-3)20(13-15)25-18-10-11-19(23-14-18)22(26)24-16(2)17-7-5-4-6-8-17/h4-14,16,25H,1-3H3,(H,24,26). The number of carbonyl (C=O) groups excluding carboxylic acids is 1. The highest BCUT2D eigenvalue weighted by Crippen LogP contribution is 2.28. The molecule has 0 radical (unpaired) electrons. The van der Waals surface area contributed by atoms with Crippen molar-refractivity contribution in [3.63, 3.8) is 0 Å². The fourth-order valence-electron chi connectivity index (χ4n) is 2.77. The molecule has 0 aliphatic heterocycles. The van der Waals surface area contributed by atoms with Gasteiger partial charge in [0.1, 0.15) is 11.4 Å². The molecule has 1 aromatic heterocycles. The maximum atomic E-state index is 12.4. The number of rotatable bonds is 6. The number of hydrogen-bond donors (Lipinski definition) is 2. The van der Waals surface area contributed by atoms with Crippen LogP contribution in [0.25, 0.3) is 0 Å². The molecule has 1 atom stereocenters. The van der Waals surface area contributed by atoms with Crippen molar-refractivity contribution in [2.45, 2.75) is 19.9 Å². The predicted molar refractivity (Wildman–Crippen MR) is 108 cm³/mol. The van der Waals surface area contributed by atoms with Crippen LogP contribution < -0.4 is 15.4 Å². The number of amides is 1. The third kappa shape index (κ3) is 4.64. The van der Waals surface area contributed by atoms with Gasteiger partial charge in [-0.25, -0.2) is 4.98 Å². The van der Waals surface area contributed by atoms with Crippen LogP contribution in [-0.2, 0) is 0 Å². The molecule has 1 unspecified atom stereocenters. The summed E-state index contributed by atoms with van der Waals surface area (Å²) in [5, 5.41) is 6.24. The van der Waals surface area contributed by atoms with Crippen molar-refractivity contribution in [2.75, 3.05) is 12.4 Å². The van der Waals surface area contributed by atoms with Gasteiger partial charge in [0.25, 0.3) is 5.91 Å². The van der Waals surface area contributed by atoms with Gasteiger partial charge in [-0.1, -0.05) is 36.4 Å². The average molecular weight is 361 g/mol. The highest BCUT2D eigenvalue weighted by atomic mass is 16.5. The van der Waals surface area contributed by atoms with Crippen molar-refractivity contribution < 1.29 is 9.53 Å². The first-order valence-corrected chi connectivity index (χ1v) is 8.80. The number of anilines is 2. The van der Waals surface area contributed by atoms with Gasteiger partial charge >= 0.3 is 0 Å². The monoisotopic (exact) mass is 361 g/mol. The van der Waals surface area contributed by atoms with Crippen molar-refractivity contribution in [3.8, 4) is 5.75 Å². The molecular weight excluding hydrogens is 338 g/mol. The molecule has 138 valence electrons. The first-order valence-electron chi connectivity index (χ1n) is 8.80. The Morgan fingerprint density at radius 2 is 1.85 bits per heavy atom. The molecule has 0 spiro atoms. The van der Waals surface area contributed by atoms with Crippen LogP contribution in [0, 0.1) is 6.92 Å². The number of ether oxygens (including phenoxy) is 1. The van der Waals surface area contributed by atoms with E-state index in [9.17, 15) is 4.79 Å². The quantitative estimate of drug-likeness (QED) is 0.672. The fourth-order valence-corrected chi connectivity index (χ4v) is 2.77. The van der Waals surface area contributed by atoms with E-state index in [0.29, 0.717) is 5.69 Å². The van der Waals surface area contributed by atoms with Gasteiger partial charge in [0.05, 0.1) is 30.7 Å². The second-order valence-corrected chi connectivity index (χ2v) is 6.37. The largest absolute Gasteiger partial charge is 0.495 e. The number of nitrogens with zero attached hydrogens (tertiary/aromatic N) is 1. The number of methoxy groups -OCH3 is 1. The lowest BCUT2D eigenvalue weighted by Crippen LogP contribution is -2.27. The van der Waals surface area contributed by atoms with Crippen molar-refractivity contribution in [2.24, 2.45) is 0 Å². The highest BCUT2D eigenvalue weighted by molar-refractivity contribution is 5.92. The van der Waals surface area contributed by atoms with E-state index in [1.807, 2.05) is 68.4 Å². The normalized spacial score (nSPS) is 11.5. The summed E-state index contributed by atoms with van der Waals surface area (Å²) in [6.45, 7) is 3.97. The Labute approximate surface area is 159 Å². The lowest BCUT2D eigenvalue weighted by molar-refractivity contribution is 0.0935. The molecule has 0 saturated heterocycles. The van der Waals surface area contributed by atoms with E-state index in [-0.39, 0.29) is 11.9 Å². The molecule has 3 rings (SSSR count). The summed E-state index contributed by atoms with van der Waals surface area (Å²) in [6, 6.07) is 19.2. The zero-order chi connectivity index (χ0) is 19.2. The van der Waals surface area contributed by atoms with Gasteiger partial charge in [0.15, 0.2) is 0 Å². The van der Waals surface area contributed by atoms with Crippen LogP contribution in [0.1, 0.15) is 34.6 Å². The molecule has 0 bridgehead atoms. The van der Waals surface area contributed by atoms with Gasteiger partial charge in [-0.3, -0.25) is 4.79 Å². The molecule has 2 N–H and O–H groups in total. The summed E-state index contributed by atoms with van der Waals surface area (Å²) >= 11 is 0. The zero-order valence-corrected chi connectivity index (χ0v) is 15.7. The minimum atomic E-state index is -0.203. The fraction of sp³-hybridized carbons (Fsp3) is 0.182. The third-order valence-electron chi connectivity index (χ3n) is 4.28. The third-order valence-corrected chi connectivity index (χ3v) is 4.28. The summed E-state index contributed by atoms with van der Waals surface area (Å²) in [7, 11) is 1.63. The van der Waals surface area contributed by atoms with Crippen molar-refractivity contribution in [1.29, 1.82) is 0 Å². The van der Waals surface area contributed by atoms with Gasteiger partial charge in [0, 0.05) is 0 Å².